The Morgan fingerprint density at radius 1 is 0.667 bits per heavy atom. The average molecular weight is 487 g/mol. The Balaban J connectivity index is 1.56. The van der Waals surface area contributed by atoms with Crippen LogP contribution in [0, 0.1) is 12.3 Å². The molecule has 0 aliphatic carbocycles. The molecule has 3 aromatic rings. The molecule has 188 valence electrons. The Hall–Kier alpha value is -2.98. The SMILES string of the molecule is C#CCOC[C@H]1O[C@@H](C)[C@H](OCc2ccccc2)[C@@H](OCc2ccccc2)[C@@H]1OCc1ccccc1. The van der Waals surface area contributed by atoms with Crippen molar-refractivity contribution in [3.8, 4) is 12.3 Å². The first kappa shape index (κ1) is 26.1. The summed E-state index contributed by atoms with van der Waals surface area (Å²) in [7, 11) is 0. The van der Waals surface area contributed by atoms with E-state index in [-0.39, 0.29) is 31.0 Å². The Morgan fingerprint density at radius 2 is 1.11 bits per heavy atom. The van der Waals surface area contributed by atoms with E-state index >= 15 is 0 Å². The van der Waals surface area contributed by atoms with E-state index in [4.69, 9.17) is 30.1 Å². The van der Waals surface area contributed by atoms with Gasteiger partial charge in [-0.1, -0.05) is 96.9 Å². The number of rotatable bonds is 12. The maximum absolute atomic E-state index is 6.55. The summed E-state index contributed by atoms with van der Waals surface area (Å²) in [4.78, 5) is 0. The Morgan fingerprint density at radius 3 is 1.58 bits per heavy atom. The fourth-order valence-corrected chi connectivity index (χ4v) is 4.39. The first-order valence-corrected chi connectivity index (χ1v) is 12.4. The first-order valence-electron chi connectivity index (χ1n) is 12.4. The molecule has 0 radical (unpaired) electrons. The van der Waals surface area contributed by atoms with Gasteiger partial charge in [-0.05, 0) is 23.6 Å². The predicted octanol–water partition coefficient (Wildman–Crippen LogP) is 5.18. The lowest BCUT2D eigenvalue weighted by Crippen LogP contribution is -2.60. The van der Waals surface area contributed by atoms with Gasteiger partial charge in [-0.3, -0.25) is 0 Å². The molecule has 4 rings (SSSR count). The van der Waals surface area contributed by atoms with E-state index in [1.54, 1.807) is 0 Å². The number of hydrogen-bond acceptors (Lipinski definition) is 5. The zero-order valence-corrected chi connectivity index (χ0v) is 20.7. The molecule has 1 fully saturated rings. The molecule has 1 aliphatic rings. The number of terminal acetylenes is 1. The van der Waals surface area contributed by atoms with Crippen molar-refractivity contribution in [3.63, 3.8) is 0 Å². The van der Waals surface area contributed by atoms with Crippen LogP contribution >= 0.6 is 0 Å². The molecule has 0 amide bonds. The van der Waals surface area contributed by atoms with E-state index in [1.807, 2.05) is 85.8 Å². The van der Waals surface area contributed by atoms with Gasteiger partial charge in [0.25, 0.3) is 0 Å². The third kappa shape index (κ3) is 7.51. The number of ether oxygens (including phenoxy) is 5. The fourth-order valence-electron chi connectivity index (χ4n) is 4.39. The minimum atomic E-state index is -0.413. The standard InChI is InChI=1S/C31H34O5/c1-3-19-32-23-28-30(34-21-26-15-9-5-10-16-26)31(35-22-27-17-11-6-12-18-27)29(24(2)36-28)33-20-25-13-7-4-8-14-25/h1,4-18,24,28-31H,19-23H2,2H3/t24-,28+,29-,30+,31+/m0/s1. The molecule has 0 bridgehead atoms. The highest BCUT2D eigenvalue weighted by Gasteiger charge is 2.46. The monoisotopic (exact) mass is 486 g/mol. The van der Waals surface area contributed by atoms with Crippen LogP contribution in [0.2, 0.25) is 0 Å². The van der Waals surface area contributed by atoms with E-state index in [2.05, 4.69) is 18.1 Å². The second kappa shape index (κ2) is 13.9. The first-order chi connectivity index (χ1) is 17.7. The third-order valence-corrected chi connectivity index (χ3v) is 6.19. The van der Waals surface area contributed by atoms with Crippen molar-refractivity contribution in [2.45, 2.75) is 57.3 Å². The molecule has 0 N–H and O–H groups in total. The molecule has 1 aliphatic heterocycles. The molecule has 0 spiro atoms. The van der Waals surface area contributed by atoms with Gasteiger partial charge in [-0.2, -0.15) is 0 Å². The lowest BCUT2D eigenvalue weighted by Gasteiger charge is -2.45. The molecule has 36 heavy (non-hydrogen) atoms. The summed E-state index contributed by atoms with van der Waals surface area (Å²) >= 11 is 0. The molecule has 1 saturated heterocycles. The maximum atomic E-state index is 6.55. The Bertz CT molecular complexity index is 1050. The van der Waals surface area contributed by atoms with Crippen LogP contribution in [0.15, 0.2) is 91.0 Å². The summed E-state index contributed by atoms with van der Waals surface area (Å²) < 4.78 is 31.6. The van der Waals surface area contributed by atoms with Crippen molar-refractivity contribution in [1.82, 2.24) is 0 Å². The van der Waals surface area contributed by atoms with Crippen LogP contribution in [-0.4, -0.2) is 43.7 Å². The summed E-state index contributed by atoms with van der Waals surface area (Å²) in [5.74, 6) is 2.52. The zero-order chi connectivity index (χ0) is 25.0. The third-order valence-electron chi connectivity index (χ3n) is 6.19. The number of benzene rings is 3. The van der Waals surface area contributed by atoms with E-state index in [9.17, 15) is 0 Å². The van der Waals surface area contributed by atoms with Crippen LogP contribution < -0.4 is 0 Å². The van der Waals surface area contributed by atoms with Gasteiger partial charge in [0, 0.05) is 0 Å². The van der Waals surface area contributed by atoms with Gasteiger partial charge < -0.3 is 23.7 Å². The second-order valence-electron chi connectivity index (χ2n) is 8.88. The van der Waals surface area contributed by atoms with Crippen LogP contribution in [0.4, 0.5) is 0 Å². The molecule has 0 saturated carbocycles. The smallest absolute Gasteiger partial charge is 0.115 e. The van der Waals surface area contributed by atoms with Crippen molar-refractivity contribution in [1.29, 1.82) is 0 Å². The normalized spacial score (nSPS) is 23.7. The summed E-state index contributed by atoms with van der Waals surface area (Å²) in [6.45, 7) is 3.84. The fraction of sp³-hybridized carbons (Fsp3) is 0.355. The van der Waals surface area contributed by atoms with E-state index in [1.165, 1.54) is 0 Å². The van der Waals surface area contributed by atoms with Gasteiger partial charge in [0.2, 0.25) is 0 Å². The van der Waals surface area contributed by atoms with Crippen molar-refractivity contribution in [2.24, 2.45) is 0 Å². The largest absolute Gasteiger partial charge is 0.368 e. The molecule has 5 heteroatoms. The summed E-state index contributed by atoms with van der Waals surface area (Å²) in [5, 5.41) is 0. The van der Waals surface area contributed by atoms with E-state index in [0.29, 0.717) is 26.4 Å². The van der Waals surface area contributed by atoms with Gasteiger partial charge in [-0.25, -0.2) is 0 Å². The van der Waals surface area contributed by atoms with E-state index in [0.717, 1.165) is 16.7 Å². The molecule has 1 heterocycles. The molecule has 0 aromatic heterocycles. The van der Waals surface area contributed by atoms with Crippen LogP contribution in [0.3, 0.4) is 0 Å². The molecule has 5 atom stereocenters. The Labute approximate surface area is 214 Å². The van der Waals surface area contributed by atoms with Gasteiger partial charge >= 0.3 is 0 Å². The second-order valence-corrected chi connectivity index (χ2v) is 8.88. The Kier molecular flexibility index (Phi) is 10.1. The molecular weight excluding hydrogens is 452 g/mol. The molecular formula is C31H34O5. The molecule has 3 aromatic carbocycles. The minimum absolute atomic E-state index is 0.211. The highest BCUT2D eigenvalue weighted by Crippen LogP contribution is 2.30. The van der Waals surface area contributed by atoms with Gasteiger partial charge in [-0.15, -0.1) is 6.42 Å². The van der Waals surface area contributed by atoms with Crippen LogP contribution in [0.5, 0.6) is 0 Å². The van der Waals surface area contributed by atoms with Crippen LogP contribution in [0.1, 0.15) is 23.6 Å². The summed E-state index contributed by atoms with van der Waals surface area (Å²) in [5.41, 5.74) is 3.25. The maximum Gasteiger partial charge on any atom is 0.115 e. The van der Waals surface area contributed by atoms with Crippen LogP contribution in [-0.2, 0) is 43.5 Å². The average Bonchev–Trinajstić information content (AvgIpc) is 2.92. The lowest BCUT2D eigenvalue weighted by atomic mass is 9.94. The molecule has 0 unspecified atom stereocenters. The summed E-state index contributed by atoms with van der Waals surface area (Å²) in [6.07, 6.45) is 3.70. The highest BCUT2D eigenvalue weighted by molar-refractivity contribution is 5.15. The number of hydrogen-bond donors (Lipinski definition) is 0. The zero-order valence-electron chi connectivity index (χ0n) is 20.7. The van der Waals surface area contributed by atoms with Crippen molar-refractivity contribution in [2.75, 3.05) is 13.2 Å². The van der Waals surface area contributed by atoms with Gasteiger partial charge in [0.15, 0.2) is 0 Å². The minimum Gasteiger partial charge on any atom is -0.368 e. The van der Waals surface area contributed by atoms with Crippen molar-refractivity contribution < 1.29 is 23.7 Å². The van der Waals surface area contributed by atoms with E-state index < -0.39 is 6.10 Å². The topological polar surface area (TPSA) is 46.2 Å². The lowest BCUT2D eigenvalue weighted by molar-refractivity contribution is -0.268. The van der Waals surface area contributed by atoms with Gasteiger partial charge in [0.1, 0.15) is 31.0 Å². The highest BCUT2D eigenvalue weighted by atomic mass is 16.6. The predicted molar refractivity (Wildman–Crippen MR) is 139 cm³/mol. The van der Waals surface area contributed by atoms with Gasteiger partial charge in [0.05, 0.1) is 32.5 Å². The quantitative estimate of drug-likeness (QED) is 0.261. The van der Waals surface area contributed by atoms with Crippen LogP contribution in [0.25, 0.3) is 0 Å². The summed E-state index contributed by atoms with van der Waals surface area (Å²) in [6, 6.07) is 30.3. The van der Waals surface area contributed by atoms with Crippen molar-refractivity contribution >= 4 is 0 Å². The molecule has 5 nitrogen and oxygen atoms in total. The van der Waals surface area contributed by atoms with Crippen molar-refractivity contribution in [3.05, 3.63) is 108 Å².